The predicted octanol–water partition coefficient (Wildman–Crippen LogP) is 3.20. The molecule has 0 N–H and O–H groups in total. The minimum absolute atomic E-state index is 0.240. The average Bonchev–Trinajstić information content (AvgIpc) is 2.77. The second-order valence-electron chi connectivity index (χ2n) is 4.83. The van der Waals surface area contributed by atoms with E-state index in [1.165, 1.54) is 38.2 Å². The summed E-state index contributed by atoms with van der Waals surface area (Å²) in [5.41, 5.74) is 1.93. The Morgan fingerprint density at radius 2 is 2.47 bits per heavy atom. The van der Waals surface area contributed by atoms with Crippen LogP contribution in [0.3, 0.4) is 0 Å². The molecule has 82 valence electrons. The molecule has 0 heterocycles. The molecule has 0 aliphatic heterocycles. The number of allylic oxidation sites excluding steroid dienone is 3. The molecule has 2 aliphatic carbocycles. The summed E-state index contributed by atoms with van der Waals surface area (Å²) in [5, 5.41) is 0. The Labute approximate surface area is 91.0 Å². The van der Waals surface area contributed by atoms with Gasteiger partial charge in [-0.25, -0.2) is 0 Å². The van der Waals surface area contributed by atoms with Gasteiger partial charge in [0.25, 0.3) is 0 Å². The summed E-state index contributed by atoms with van der Waals surface area (Å²) < 4.78 is 4.81. The SMILES string of the molecule is CC(=O)O/C=C\[C@H]1C[C@]12C=C(C)CCC2. The van der Waals surface area contributed by atoms with Crippen molar-refractivity contribution in [1.29, 1.82) is 0 Å². The summed E-state index contributed by atoms with van der Waals surface area (Å²) in [6, 6.07) is 0. The number of carbonyl (C=O) groups excluding carboxylic acids is 1. The van der Waals surface area contributed by atoms with Crippen molar-refractivity contribution in [2.45, 2.75) is 39.5 Å². The van der Waals surface area contributed by atoms with Crippen LogP contribution in [0, 0.1) is 11.3 Å². The number of hydrogen-bond donors (Lipinski definition) is 0. The van der Waals surface area contributed by atoms with Gasteiger partial charge in [-0.3, -0.25) is 4.79 Å². The van der Waals surface area contributed by atoms with Crippen molar-refractivity contribution >= 4 is 5.97 Å². The van der Waals surface area contributed by atoms with Gasteiger partial charge in [0.1, 0.15) is 0 Å². The maximum atomic E-state index is 10.6. The second kappa shape index (κ2) is 3.84. The summed E-state index contributed by atoms with van der Waals surface area (Å²) in [5.74, 6) is 0.350. The van der Waals surface area contributed by atoms with Crippen LogP contribution in [0.5, 0.6) is 0 Å². The van der Waals surface area contributed by atoms with Crippen LogP contribution in [0.25, 0.3) is 0 Å². The van der Waals surface area contributed by atoms with Gasteiger partial charge in [0.15, 0.2) is 0 Å². The Kier molecular flexibility index (Phi) is 2.68. The highest BCUT2D eigenvalue weighted by Gasteiger charge is 2.51. The maximum Gasteiger partial charge on any atom is 0.307 e. The molecule has 0 saturated heterocycles. The summed E-state index contributed by atoms with van der Waals surface area (Å²) in [7, 11) is 0. The monoisotopic (exact) mass is 206 g/mol. The van der Waals surface area contributed by atoms with Crippen LogP contribution in [0.1, 0.15) is 39.5 Å². The van der Waals surface area contributed by atoms with Crippen LogP contribution in [0.15, 0.2) is 24.0 Å². The molecule has 2 nitrogen and oxygen atoms in total. The van der Waals surface area contributed by atoms with Crippen molar-refractivity contribution in [2.24, 2.45) is 11.3 Å². The lowest BCUT2D eigenvalue weighted by Gasteiger charge is -2.19. The molecule has 0 aromatic carbocycles. The minimum Gasteiger partial charge on any atom is -0.435 e. The van der Waals surface area contributed by atoms with Gasteiger partial charge in [0.2, 0.25) is 0 Å². The largest absolute Gasteiger partial charge is 0.435 e. The number of esters is 1. The highest BCUT2D eigenvalue weighted by molar-refractivity contribution is 5.66. The Bertz CT molecular complexity index is 327. The molecule has 0 unspecified atom stereocenters. The molecule has 2 rings (SSSR count). The van der Waals surface area contributed by atoms with Crippen LogP contribution >= 0.6 is 0 Å². The molecule has 0 bridgehead atoms. The molecule has 0 radical (unpaired) electrons. The van der Waals surface area contributed by atoms with Crippen LogP contribution in [-0.2, 0) is 9.53 Å². The van der Waals surface area contributed by atoms with Crippen LogP contribution in [0.4, 0.5) is 0 Å². The first kappa shape index (κ1) is 10.5. The summed E-state index contributed by atoms with van der Waals surface area (Å²) >= 11 is 0. The molecule has 2 atom stereocenters. The fourth-order valence-electron chi connectivity index (χ4n) is 2.62. The highest BCUT2D eigenvalue weighted by Crippen LogP contribution is 2.60. The summed E-state index contributed by atoms with van der Waals surface area (Å²) in [6.45, 7) is 3.64. The lowest BCUT2D eigenvalue weighted by molar-refractivity contribution is -0.135. The van der Waals surface area contributed by atoms with Crippen molar-refractivity contribution in [2.75, 3.05) is 0 Å². The third kappa shape index (κ3) is 2.31. The maximum absolute atomic E-state index is 10.6. The van der Waals surface area contributed by atoms with E-state index in [9.17, 15) is 4.79 Å². The molecule has 1 spiro atoms. The van der Waals surface area contributed by atoms with E-state index >= 15 is 0 Å². The zero-order chi connectivity index (χ0) is 10.9. The molecule has 0 amide bonds. The molecule has 0 aromatic rings. The first-order chi connectivity index (χ1) is 7.12. The normalized spacial score (nSPS) is 34.3. The zero-order valence-corrected chi connectivity index (χ0v) is 9.45. The summed E-state index contributed by atoms with van der Waals surface area (Å²) in [6.07, 6.45) is 11.1. The number of rotatable bonds is 2. The molecular formula is C13H18O2. The van der Waals surface area contributed by atoms with E-state index in [2.05, 4.69) is 13.0 Å². The number of hydrogen-bond acceptors (Lipinski definition) is 2. The lowest BCUT2D eigenvalue weighted by atomic mass is 9.87. The standard InChI is InChI=1S/C13H18O2/c1-10-4-3-6-13(8-10)9-12(13)5-7-15-11(2)14/h5,7-8,12H,3-4,6,9H2,1-2H3/b7-5-/t12-,13-/m0/s1. The van der Waals surface area contributed by atoms with Gasteiger partial charge in [0, 0.05) is 6.92 Å². The van der Waals surface area contributed by atoms with E-state index < -0.39 is 0 Å². The van der Waals surface area contributed by atoms with Crippen LogP contribution in [0.2, 0.25) is 0 Å². The smallest absolute Gasteiger partial charge is 0.307 e. The molecule has 2 aliphatic rings. The van der Waals surface area contributed by atoms with Crippen molar-refractivity contribution in [3.05, 3.63) is 24.0 Å². The fourth-order valence-corrected chi connectivity index (χ4v) is 2.62. The van der Waals surface area contributed by atoms with E-state index in [1.807, 2.05) is 6.08 Å². The average molecular weight is 206 g/mol. The third-order valence-electron chi connectivity index (χ3n) is 3.47. The topological polar surface area (TPSA) is 26.3 Å². The molecule has 2 heteroatoms. The molecular weight excluding hydrogens is 188 g/mol. The quantitative estimate of drug-likeness (QED) is 0.394. The highest BCUT2D eigenvalue weighted by atomic mass is 16.5. The Balaban J connectivity index is 1.91. The van der Waals surface area contributed by atoms with E-state index in [0.29, 0.717) is 11.3 Å². The van der Waals surface area contributed by atoms with Crippen molar-refractivity contribution < 1.29 is 9.53 Å². The Morgan fingerprint density at radius 3 is 3.13 bits per heavy atom. The van der Waals surface area contributed by atoms with Gasteiger partial charge >= 0.3 is 5.97 Å². The molecule has 1 fully saturated rings. The van der Waals surface area contributed by atoms with Gasteiger partial charge in [-0.05, 0) is 50.0 Å². The fraction of sp³-hybridized carbons (Fsp3) is 0.615. The van der Waals surface area contributed by atoms with Crippen molar-refractivity contribution in [1.82, 2.24) is 0 Å². The Morgan fingerprint density at radius 1 is 1.67 bits per heavy atom. The van der Waals surface area contributed by atoms with Gasteiger partial charge in [-0.1, -0.05) is 11.6 Å². The summed E-state index contributed by atoms with van der Waals surface area (Å²) in [4.78, 5) is 10.6. The van der Waals surface area contributed by atoms with Crippen LogP contribution < -0.4 is 0 Å². The first-order valence-corrected chi connectivity index (χ1v) is 5.65. The number of ether oxygens (including phenoxy) is 1. The van der Waals surface area contributed by atoms with E-state index in [0.717, 1.165) is 0 Å². The Hall–Kier alpha value is -1.05. The first-order valence-electron chi connectivity index (χ1n) is 5.65. The van der Waals surface area contributed by atoms with Gasteiger partial charge < -0.3 is 4.74 Å². The predicted molar refractivity (Wildman–Crippen MR) is 59.1 cm³/mol. The molecule has 1 saturated carbocycles. The van der Waals surface area contributed by atoms with Gasteiger partial charge in [0.05, 0.1) is 6.26 Å². The second-order valence-corrected chi connectivity index (χ2v) is 4.83. The lowest BCUT2D eigenvalue weighted by Crippen LogP contribution is -2.05. The van der Waals surface area contributed by atoms with Crippen molar-refractivity contribution in [3.8, 4) is 0 Å². The van der Waals surface area contributed by atoms with Gasteiger partial charge in [-0.2, -0.15) is 0 Å². The van der Waals surface area contributed by atoms with E-state index in [4.69, 9.17) is 4.74 Å². The van der Waals surface area contributed by atoms with E-state index in [1.54, 1.807) is 6.26 Å². The van der Waals surface area contributed by atoms with E-state index in [-0.39, 0.29) is 5.97 Å². The van der Waals surface area contributed by atoms with Crippen molar-refractivity contribution in [3.63, 3.8) is 0 Å². The van der Waals surface area contributed by atoms with Crippen LogP contribution in [-0.4, -0.2) is 5.97 Å². The van der Waals surface area contributed by atoms with Gasteiger partial charge in [-0.15, -0.1) is 0 Å². The minimum atomic E-state index is -0.240. The molecule has 0 aromatic heterocycles. The third-order valence-corrected chi connectivity index (χ3v) is 3.47. The number of carbonyl (C=O) groups is 1. The molecule has 15 heavy (non-hydrogen) atoms. The zero-order valence-electron chi connectivity index (χ0n) is 9.45.